The molecule has 0 amide bonds. The molecule has 0 aliphatic carbocycles. The molecule has 2 atom stereocenters. The van der Waals surface area contributed by atoms with Crippen LogP contribution in [0.15, 0.2) is 104 Å². The van der Waals surface area contributed by atoms with Gasteiger partial charge in [0.1, 0.15) is 11.6 Å². The summed E-state index contributed by atoms with van der Waals surface area (Å²) >= 11 is 12.0. The highest BCUT2D eigenvalue weighted by molar-refractivity contribution is 6.30. The molecule has 6 aromatic rings. The van der Waals surface area contributed by atoms with E-state index in [9.17, 15) is 38.2 Å². The van der Waals surface area contributed by atoms with Crippen LogP contribution in [0.25, 0.3) is 0 Å². The minimum Gasteiger partial charge on any atom is -0.396 e. The van der Waals surface area contributed by atoms with E-state index in [1.165, 1.54) is 21.3 Å². The quantitative estimate of drug-likeness (QED) is 0.0902. The Bertz CT molecular complexity index is 2930. The summed E-state index contributed by atoms with van der Waals surface area (Å²) < 4.78 is 44.2. The lowest BCUT2D eigenvalue weighted by molar-refractivity contribution is -0.266. The van der Waals surface area contributed by atoms with Gasteiger partial charge in [0, 0.05) is 45.3 Å². The highest BCUT2D eigenvalue weighted by atomic mass is 35.5. The van der Waals surface area contributed by atoms with Crippen LogP contribution >= 0.6 is 23.2 Å². The Morgan fingerprint density at radius 1 is 0.687 bits per heavy atom. The van der Waals surface area contributed by atoms with Gasteiger partial charge in [-0.3, -0.25) is 9.13 Å². The predicted molar refractivity (Wildman–Crippen MR) is 252 cm³/mol. The number of aliphatic hydroxyl groups excluding tert-OH is 2. The van der Waals surface area contributed by atoms with E-state index in [-0.39, 0.29) is 30.9 Å². The highest BCUT2D eigenvalue weighted by Crippen LogP contribution is 2.27. The van der Waals surface area contributed by atoms with Gasteiger partial charge in [0.25, 0.3) is 0 Å². The average Bonchev–Trinajstić information content (AvgIpc) is 3.28. The van der Waals surface area contributed by atoms with Gasteiger partial charge in [0.05, 0.1) is 39.5 Å². The van der Waals surface area contributed by atoms with Crippen LogP contribution in [0.1, 0.15) is 62.0 Å². The summed E-state index contributed by atoms with van der Waals surface area (Å²) in [4.78, 5) is 61.0. The van der Waals surface area contributed by atoms with Crippen LogP contribution in [-0.2, 0) is 22.6 Å². The molecule has 1 saturated heterocycles. The maximum Gasteiger partial charge on any atom is 0.355 e. The largest absolute Gasteiger partial charge is 0.396 e. The minimum atomic E-state index is -0.850. The van der Waals surface area contributed by atoms with Gasteiger partial charge in [-0.15, -0.1) is 0 Å². The van der Waals surface area contributed by atoms with Gasteiger partial charge < -0.3 is 30.3 Å². The van der Waals surface area contributed by atoms with Crippen molar-refractivity contribution < 1.29 is 28.5 Å². The van der Waals surface area contributed by atoms with Gasteiger partial charge in [-0.1, -0.05) is 59.6 Å². The SMILES string of the molecule is Cc1ccc(Nc2nc(=O)n(C(C)C(CO)CO)c(=O)n2Cc2ccc(Cl)cc2)cc1F.Cc1ccc(Nc2nc(=O)n(C(C)C3COC(C)(C)OC3)c(=O)n2Cc2ccc(Cl)cc2)cc1F. The van der Waals surface area contributed by atoms with Crippen molar-refractivity contribution in [1.82, 2.24) is 28.2 Å². The first-order valence-corrected chi connectivity index (χ1v) is 22.1. The summed E-state index contributed by atoms with van der Waals surface area (Å²) in [6.07, 6.45) is 0. The topological polar surface area (TPSA) is 197 Å². The number of benzene rings is 4. The second kappa shape index (κ2) is 21.7. The Morgan fingerprint density at radius 3 is 1.49 bits per heavy atom. The molecule has 4 aromatic carbocycles. The van der Waals surface area contributed by atoms with E-state index in [0.717, 1.165) is 20.3 Å². The Kier molecular flexibility index (Phi) is 16.3. The van der Waals surface area contributed by atoms with Crippen molar-refractivity contribution in [3.8, 4) is 0 Å². The molecule has 1 aliphatic heterocycles. The first kappa shape index (κ1) is 50.4. The fourth-order valence-electron chi connectivity index (χ4n) is 7.10. The van der Waals surface area contributed by atoms with Crippen LogP contribution in [-0.4, -0.2) is 70.7 Å². The number of anilines is 4. The van der Waals surface area contributed by atoms with E-state index in [1.54, 1.807) is 100 Å². The molecular formula is C47H52Cl2F2N8O8. The molecule has 16 nitrogen and oxygen atoms in total. The summed E-state index contributed by atoms with van der Waals surface area (Å²) in [6.45, 7) is 10.2. The van der Waals surface area contributed by atoms with Gasteiger partial charge in [0.15, 0.2) is 5.79 Å². The summed E-state index contributed by atoms with van der Waals surface area (Å²) in [7, 11) is 0. The first-order chi connectivity index (χ1) is 31.8. The van der Waals surface area contributed by atoms with Crippen LogP contribution in [0.3, 0.4) is 0 Å². The van der Waals surface area contributed by atoms with E-state index >= 15 is 0 Å². The molecule has 20 heteroatoms. The van der Waals surface area contributed by atoms with Crippen molar-refractivity contribution in [2.45, 2.75) is 72.5 Å². The lowest BCUT2D eigenvalue weighted by atomic mass is 10.0. The van der Waals surface area contributed by atoms with Crippen LogP contribution in [0.4, 0.5) is 32.1 Å². The van der Waals surface area contributed by atoms with Crippen molar-refractivity contribution >= 4 is 46.5 Å². The molecule has 7 rings (SSSR count). The zero-order valence-corrected chi connectivity index (χ0v) is 39.2. The number of nitrogens with zero attached hydrogens (tertiary/aromatic N) is 6. The van der Waals surface area contributed by atoms with Gasteiger partial charge in [-0.25, -0.2) is 37.1 Å². The third-order valence-electron chi connectivity index (χ3n) is 11.5. The number of aryl methyl sites for hydroxylation is 2. The number of nitrogens with one attached hydrogen (secondary N) is 2. The second-order valence-corrected chi connectivity index (χ2v) is 17.6. The molecule has 2 aromatic heterocycles. The Hall–Kier alpha value is -6.02. The maximum atomic E-state index is 14.1. The summed E-state index contributed by atoms with van der Waals surface area (Å²) in [5.74, 6) is -2.57. The van der Waals surface area contributed by atoms with Crippen molar-refractivity contribution in [2.24, 2.45) is 11.8 Å². The van der Waals surface area contributed by atoms with Gasteiger partial charge >= 0.3 is 22.8 Å². The van der Waals surface area contributed by atoms with E-state index in [2.05, 4.69) is 20.6 Å². The Labute approximate surface area is 394 Å². The van der Waals surface area contributed by atoms with Crippen LogP contribution in [0, 0.1) is 37.3 Å². The lowest BCUT2D eigenvalue weighted by Gasteiger charge is -2.37. The number of hydrogen-bond donors (Lipinski definition) is 4. The van der Waals surface area contributed by atoms with Crippen molar-refractivity contribution in [2.75, 3.05) is 37.1 Å². The molecule has 4 N–H and O–H groups in total. The fourth-order valence-corrected chi connectivity index (χ4v) is 7.35. The molecule has 1 aliphatic rings. The standard InChI is InChI=1S/C25H28ClFN4O4.C22H24ClFN4O4/c1-15-5-10-20(11-21(15)27)28-22-29-23(32)31(16(2)18-13-34-25(3,4)35-14-18)24(33)30(22)12-17-6-8-19(26)9-7-17;1-13-3-8-18(9-19(13)24)25-20-26-21(31)28(14(2)16(11-29)12-30)22(32)27(20)10-15-4-6-17(23)7-5-15/h5-11,16,18H,12-14H2,1-4H3,(H,28,29,32);3-9,14,16,29-30H,10-12H2,1-2H3,(H,25,26,31). The van der Waals surface area contributed by atoms with Gasteiger partial charge in [-0.2, -0.15) is 9.97 Å². The average molecular weight is 966 g/mol. The molecule has 67 heavy (non-hydrogen) atoms. The van der Waals surface area contributed by atoms with E-state index in [1.807, 2.05) is 13.8 Å². The monoisotopic (exact) mass is 964 g/mol. The summed E-state index contributed by atoms with van der Waals surface area (Å²) in [6, 6.07) is 21.4. The third kappa shape index (κ3) is 12.3. The van der Waals surface area contributed by atoms with Crippen molar-refractivity contribution in [1.29, 1.82) is 0 Å². The van der Waals surface area contributed by atoms with E-state index in [4.69, 9.17) is 32.7 Å². The summed E-state index contributed by atoms with van der Waals surface area (Å²) in [5, 5.41) is 25.9. The zero-order valence-electron chi connectivity index (χ0n) is 37.7. The molecule has 0 saturated carbocycles. The van der Waals surface area contributed by atoms with E-state index < -0.39 is 71.4 Å². The molecule has 2 unspecified atom stereocenters. The second-order valence-electron chi connectivity index (χ2n) is 16.7. The van der Waals surface area contributed by atoms with E-state index in [0.29, 0.717) is 45.8 Å². The molecule has 0 bridgehead atoms. The molecule has 0 radical (unpaired) electrons. The normalized spacial score (nSPS) is 14.6. The van der Waals surface area contributed by atoms with Crippen molar-refractivity contribution in [3.63, 3.8) is 0 Å². The van der Waals surface area contributed by atoms with Gasteiger partial charge in [0.2, 0.25) is 11.9 Å². The van der Waals surface area contributed by atoms with Crippen LogP contribution < -0.4 is 33.4 Å². The minimum absolute atomic E-state index is 0.0129. The third-order valence-corrected chi connectivity index (χ3v) is 12.0. The van der Waals surface area contributed by atoms with Gasteiger partial charge in [-0.05, 0) is 112 Å². The Morgan fingerprint density at radius 2 is 1.09 bits per heavy atom. The molecule has 3 heterocycles. The van der Waals surface area contributed by atoms with Crippen molar-refractivity contribution in [3.05, 3.63) is 171 Å². The molecule has 0 spiro atoms. The highest BCUT2D eigenvalue weighted by Gasteiger charge is 2.34. The number of hydrogen-bond acceptors (Lipinski definition) is 12. The number of rotatable bonds is 14. The number of halogens is 4. The van der Waals surface area contributed by atoms with Crippen LogP contribution in [0.5, 0.6) is 0 Å². The van der Waals surface area contributed by atoms with Crippen LogP contribution in [0.2, 0.25) is 10.0 Å². The predicted octanol–water partition coefficient (Wildman–Crippen LogP) is 6.72. The smallest absolute Gasteiger partial charge is 0.355 e. The lowest BCUT2D eigenvalue weighted by Crippen LogP contribution is -2.49. The maximum absolute atomic E-state index is 14.1. The molecule has 356 valence electrons. The fraction of sp³-hybridized carbons (Fsp3) is 0.362. The first-order valence-electron chi connectivity index (χ1n) is 21.3. The molecule has 1 fully saturated rings. The molecular weight excluding hydrogens is 913 g/mol. The number of ether oxygens (including phenoxy) is 2. The Balaban J connectivity index is 0.000000222. The number of aliphatic hydroxyl groups is 2. The number of aromatic nitrogens is 6. The summed E-state index contributed by atoms with van der Waals surface area (Å²) in [5.41, 5.74) is 0.311. The zero-order chi connectivity index (χ0) is 48.7.